The second-order valence-electron chi connectivity index (χ2n) is 4.24. The average Bonchev–Trinajstić information content (AvgIpc) is 2.66. The zero-order chi connectivity index (χ0) is 12.8. The van der Waals surface area contributed by atoms with Gasteiger partial charge >= 0.3 is 0 Å². The van der Waals surface area contributed by atoms with Gasteiger partial charge in [0, 0.05) is 24.5 Å². The number of phenols is 1. The Kier molecular flexibility index (Phi) is 4.90. The van der Waals surface area contributed by atoms with Crippen LogP contribution in [0, 0.1) is 0 Å². The van der Waals surface area contributed by atoms with Gasteiger partial charge in [-0.2, -0.15) is 0 Å². The molecule has 1 amide bonds. The van der Waals surface area contributed by atoms with Crippen molar-refractivity contribution in [3.8, 4) is 5.75 Å². The van der Waals surface area contributed by atoms with E-state index in [4.69, 9.17) is 0 Å². The molecule has 1 aromatic carbocycles. The number of carbonyl (C=O) groups is 1. The first-order valence-electron chi connectivity index (χ1n) is 6.16. The zero-order valence-corrected chi connectivity index (χ0v) is 11.1. The van der Waals surface area contributed by atoms with Gasteiger partial charge in [0.1, 0.15) is 5.75 Å². The fourth-order valence-corrected chi connectivity index (χ4v) is 2.76. The molecule has 1 fully saturated rings. The predicted octanol–water partition coefficient (Wildman–Crippen LogP) is 1.31. The summed E-state index contributed by atoms with van der Waals surface area (Å²) in [6.45, 7) is 3.46. The molecule has 4 nitrogen and oxygen atoms in total. The van der Waals surface area contributed by atoms with E-state index in [-0.39, 0.29) is 11.7 Å². The van der Waals surface area contributed by atoms with E-state index in [1.165, 1.54) is 11.8 Å². The van der Waals surface area contributed by atoms with E-state index in [1.807, 2.05) is 17.0 Å². The lowest BCUT2D eigenvalue weighted by molar-refractivity contribution is -0.128. The summed E-state index contributed by atoms with van der Waals surface area (Å²) in [5.74, 6) is 0.775. The van der Waals surface area contributed by atoms with Crippen molar-refractivity contribution >= 4 is 17.7 Å². The Hall–Kier alpha value is -1.20. The normalized spacial score (nSPS) is 16.3. The van der Waals surface area contributed by atoms with Crippen LogP contribution in [0.5, 0.6) is 5.75 Å². The van der Waals surface area contributed by atoms with Crippen LogP contribution in [-0.4, -0.2) is 47.8 Å². The molecule has 0 aliphatic carbocycles. The number of thioether (sulfide) groups is 1. The van der Waals surface area contributed by atoms with Crippen molar-refractivity contribution < 1.29 is 9.90 Å². The number of aromatic hydroxyl groups is 1. The molecule has 0 saturated carbocycles. The SMILES string of the molecule is O=C(CSc1ccccc1O)N1CCCNCC1. The molecule has 0 bridgehead atoms. The summed E-state index contributed by atoms with van der Waals surface area (Å²) in [5, 5.41) is 12.9. The fraction of sp³-hybridized carbons (Fsp3) is 0.462. The highest BCUT2D eigenvalue weighted by Crippen LogP contribution is 2.27. The second kappa shape index (κ2) is 6.66. The molecule has 5 heteroatoms. The Morgan fingerprint density at radius 2 is 2.17 bits per heavy atom. The fourth-order valence-electron chi connectivity index (χ4n) is 1.91. The van der Waals surface area contributed by atoms with Crippen LogP contribution >= 0.6 is 11.8 Å². The Labute approximate surface area is 111 Å². The largest absolute Gasteiger partial charge is 0.507 e. The summed E-state index contributed by atoms with van der Waals surface area (Å²) in [7, 11) is 0. The van der Waals surface area contributed by atoms with E-state index < -0.39 is 0 Å². The summed E-state index contributed by atoms with van der Waals surface area (Å²) in [5.41, 5.74) is 0. The highest BCUT2D eigenvalue weighted by molar-refractivity contribution is 8.00. The maximum atomic E-state index is 12.0. The van der Waals surface area contributed by atoms with Crippen LogP contribution in [0.4, 0.5) is 0 Å². The molecule has 1 heterocycles. The lowest BCUT2D eigenvalue weighted by Crippen LogP contribution is -2.35. The van der Waals surface area contributed by atoms with Gasteiger partial charge in [-0.05, 0) is 25.1 Å². The van der Waals surface area contributed by atoms with Crippen molar-refractivity contribution in [1.29, 1.82) is 0 Å². The van der Waals surface area contributed by atoms with Gasteiger partial charge in [0.2, 0.25) is 5.91 Å². The van der Waals surface area contributed by atoms with E-state index in [1.54, 1.807) is 12.1 Å². The Morgan fingerprint density at radius 3 is 3.00 bits per heavy atom. The third kappa shape index (κ3) is 3.65. The molecule has 1 aromatic rings. The molecule has 1 saturated heterocycles. The lowest BCUT2D eigenvalue weighted by Gasteiger charge is -2.19. The molecule has 1 aliphatic rings. The number of carbonyl (C=O) groups excluding carboxylic acids is 1. The van der Waals surface area contributed by atoms with Gasteiger partial charge in [0.25, 0.3) is 0 Å². The topological polar surface area (TPSA) is 52.6 Å². The highest BCUT2D eigenvalue weighted by atomic mass is 32.2. The first kappa shape index (κ1) is 13.2. The molecule has 0 spiro atoms. The molecule has 98 valence electrons. The Morgan fingerprint density at radius 1 is 1.33 bits per heavy atom. The maximum absolute atomic E-state index is 12.0. The number of hydrogen-bond donors (Lipinski definition) is 2. The summed E-state index contributed by atoms with van der Waals surface area (Å²) >= 11 is 1.39. The van der Waals surface area contributed by atoms with Crippen molar-refractivity contribution in [2.45, 2.75) is 11.3 Å². The first-order chi connectivity index (χ1) is 8.77. The first-order valence-corrected chi connectivity index (χ1v) is 7.15. The summed E-state index contributed by atoms with van der Waals surface area (Å²) in [6.07, 6.45) is 1.01. The minimum atomic E-state index is 0.145. The maximum Gasteiger partial charge on any atom is 0.232 e. The van der Waals surface area contributed by atoms with Gasteiger partial charge in [0.15, 0.2) is 0 Å². The second-order valence-corrected chi connectivity index (χ2v) is 5.26. The van der Waals surface area contributed by atoms with Gasteiger partial charge in [-0.15, -0.1) is 11.8 Å². The highest BCUT2D eigenvalue weighted by Gasteiger charge is 2.15. The van der Waals surface area contributed by atoms with Crippen LogP contribution < -0.4 is 5.32 Å². The number of rotatable bonds is 3. The smallest absolute Gasteiger partial charge is 0.232 e. The molecule has 2 N–H and O–H groups in total. The van der Waals surface area contributed by atoms with Crippen LogP contribution in [0.2, 0.25) is 0 Å². The summed E-state index contributed by atoms with van der Waals surface area (Å²) in [4.78, 5) is 14.7. The Balaban J connectivity index is 1.86. The number of nitrogens with one attached hydrogen (secondary N) is 1. The number of para-hydroxylation sites is 1. The van der Waals surface area contributed by atoms with Gasteiger partial charge < -0.3 is 15.3 Å². The third-order valence-electron chi connectivity index (χ3n) is 2.91. The molecular formula is C13H18N2O2S. The molecule has 0 radical (unpaired) electrons. The van der Waals surface area contributed by atoms with Crippen LogP contribution in [0.3, 0.4) is 0 Å². The third-order valence-corrected chi connectivity index (χ3v) is 3.96. The van der Waals surface area contributed by atoms with Gasteiger partial charge in [-0.1, -0.05) is 12.1 Å². The molecular weight excluding hydrogens is 248 g/mol. The number of amides is 1. The minimum absolute atomic E-state index is 0.145. The summed E-state index contributed by atoms with van der Waals surface area (Å²) < 4.78 is 0. The van der Waals surface area contributed by atoms with E-state index in [2.05, 4.69) is 5.32 Å². The summed E-state index contributed by atoms with van der Waals surface area (Å²) in [6, 6.07) is 7.12. The zero-order valence-electron chi connectivity index (χ0n) is 10.3. The van der Waals surface area contributed by atoms with Crippen molar-refractivity contribution in [2.75, 3.05) is 31.9 Å². The molecule has 0 atom stereocenters. The van der Waals surface area contributed by atoms with Gasteiger partial charge in [-0.3, -0.25) is 4.79 Å². The molecule has 0 aromatic heterocycles. The van der Waals surface area contributed by atoms with Crippen LogP contribution in [0.25, 0.3) is 0 Å². The standard InChI is InChI=1S/C13H18N2O2S/c16-11-4-1-2-5-12(11)18-10-13(17)15-8-3-6-14-7-9-15/h1-2,4-5,14,16H,3,6-10H2. The predicted molar refractivity (Wildman–Crippen MR) is 72.9 cm³/mol. The van der Waals surface area contributed by atoms with Crippen LogP contribution in [0.15, 0.2) is 29.2 Å². The van der Waals surface area contributed by atoms with E-state index in [0.29, 0.717) is 5.75 Å². The number of phenolic OH excluding ortho intramolecular Hbond substituents is 1. The molecule has 2 rings (SSSR count). The Bertz CT molecular complexity index is 404. The van der Waals surface area contributed by atoms with Crippen LogP contribution in [-0.2, 0) is 4.79 Å². The lowest BCUT2D eigenvalue weighted by atomic mass is 10.3. The molecule has 18 heavy (non-hydrogen) atoms. The number of hydrogen-bond acceptors (Lipinski definition) is 4. The van der Waals surface area contributed by atoms with Gasteiger partial charge in [-0.25, -0.2) is 0 Å². The van der Waals surface area contributed by atoms with Crippen molar-refractivity contribution in [1.82, 2.24) is 10.2 Å². The van der Waals surface area contributed by atoms with E-state index in [9.17, 15) is 9.90 Å². The van der Waals surface area contributed by atoms with E-state index >= 15 is 0 Å². The molecule has 1 aliphatic heterocycles. The van der Waals surface area contributed by atoms with Crippen LogP contribution in [0.1, 0.15) is 6.42 Å². The van der Waals surface area contributed by atoms with Crippen molar-refractivity contribution in [2.24, 2.45) is 0 Å². The van der Waals surface area contributed by atoms with Crippen molar-refractivity contribution in [3.05, 3.63) is 24.3 Å². The minimum Gasteiger partial charge on any atom is -0.507 e. The molecule has 0 unspecified atom stereocenters. The van der Waals surface area contributed by atoms with Gasteiger partial charge in [0.05, 0.1) is 5.75 Å². The average molecular weight is 266 g/mol. The quantitative estimate of drug-likeness (QED) is 0.810. The van der Waals surface area contributed by atoms with E-state index in [0.717, 1.165) is 37.5 Å². The number of benzene rings is 1. The monoisotopic (exact) mass is 266 g/mol. The van der Waals surface area contributed by atoms with Crippen molar-refractivity contribution in [3.63, 3.8) is 0 Å². The number of nitrogens with zero attached hydrogens (tertiary/aromatic N) is 1.